The highest BCUT2D eigenvalue weighted by molar-refractivity contribution is 5.86. The van der Waals surface area contributed by atoms with Crippen LogP contribution in [0.1, 0.15) is 25.1 Å². The van der Waals surface area contributed by atoms with Crippen molar-refractivity contribution in [3.8, 4) is 6.07 Å². The zero-order chi connectivity index (χ0) is 10.6. The van der Waals surface area contributed by atoms with Crippen molar-refractivity contribution >= 4 is 10.9 Å². The number of fused-ring (bicyclic) bond motifs is 1. The predicted octanol–water partition coefficient (Wildman–Crippen LogP) is 2.77. The lowest BCUT2D eigenvalue weighted by molar-refractivity contribution is 1.29. The molecule has 0 aliphatic carbocycles. The lowest BCUT2D eigenvalue weighted by atomic mass is 10.2. The Balaban J connectivity index is 0.000000461. The number of aryl methyl sites for hydroxylation is 1. The van der Waals surface area contributed by atoms with E-state index in [1.54, 1.807) is 6.20 Å². The summed E-state index contributed by atoms with van der Waals surface area (Å²) in [6.07, 6.45) is 3.52. The third-order valence-electron chi connectivity index (χ3n) is 1.90. The molecule has 2 rings (SSSR count). The minimum atomic E-state index is 0.492. The monoisotopic (exact) mass is 187 g/mol. The van der Waals surface area contributed by atoms with E-state index in [0.717, 1.165) is 16.5 Å². The van der Waals surface area contributed by atoms with Crippen LogP contribution in [-0.4, -0.2) is 9.97 Å². The molecule has 0 aliphatic heterocycles. The van der Waals surface area contributed by atoms with E-state index < -0.39 is 0 Å². The third-order valence-corrected chi connectivity index (χ3v) is 1.90. The first-order valence-corrected chi connectivity index (χ1v) is 4.65. The van der Waals surface area contributed by atoms with Gasteiger partial charge in [-0.15, -0.1) is 0 Å². The van der Waals surface area contributed by atoms with Crippen molar-refractivity contribution in [3.63, 3.8) is 0 Å². The third kappa shape index (κ3) is 1.60. The quantitative estimate of drug-likeness (QED) is 0.689. The topological polar surface area (TPSA) is 52.5 Å². The SMILES string of the molecule is CC.Cc1c[nH]c2ccnc(C#N)c12. The van der Waals surface area contributed by atoms with Gasteiger partial charge in [0.15, 0.2) is 0 Å². The number of nitrogens with zero attached hydrogens (tertiary/aromatic N) is 2. The molecule has 14 heavy (non-hydrogen) atoms. The maximum Gasteiger partial charge on any atom is 0.150 e. The molecule has 0 bridgehead atoms. The molecule has 2 aromatic heterocycles. The molecule has 72 valence electrons. The summed E-state index contributed by atoms with van der Waals surface area (Å²) in [7, 11) is 0. The molecule has 0 atom stereocenters. The van der Waals surface area contributed by atoms with Crippen LogP contribution in [0, 0.1) is 18.3 Å². The maximum atomic E-state index is 8.75. The van der Waals surface area contributed by atoms with Crippen LogP contribution < -0.4 is 0 Å². The van der Waals surface area contributed by atoms with Gasteiger partial charge in [0.05, 0.1) is 5.52 Å². The summed E-state index contributed by atoms with van der Waals surface area (Å²) >= 11 is 0. The predicted molar refractivity (Wildman–Crippen MR) is 56.9 cm³/mol. The second kappa shape index (κ2) is 4.43. The second-order valence-corrected chi connectivity index (χ2v) is 2.67. The maximum absolute atomic E-state index is 8.75. The first kappa shape index (κ1) is 10.3. The fourth-order valence-electron chi connectivity index (χ4n) is 1.32. The molecular formula is C11H13N3. The molecule has 1 N–H and O–H groups in total. The van der Waals surface area contributed by atoms with Gasteiger partial charge in [-0.3, -0.25) is 0 Å². The van der Waals surface area contributed by atoms with Crippen molar-refractivity contribution in [1.82, 2.24) is 9.97 Å². The number of H-pyrrole nitrogens is 1. The van der Waals surface area contributed by atoms with Crippen LogP contribution in [0.2, 0.25) is 0 Å². The van der Waals surface area contributed by atoms with Gasteiger partial charge >= 0.3 is 0 Å². The Kier molecular flexibility index (Phi) is 3.24. The van der Waals surface area contributed by atoms with E-state index in [9.17, 15) is 0 Å². The van der Waals surface area contributed by atoms with Gasteiger partial charge in [0.25, 0.3) is 0 Å². The van der Waals surface area contributed by atoms with Crippen LogP contribution in [-0.2, 0) is 0 Å². The minimum absolute atomic E-state index is 0.492. The molecule has 0 aromatic carbocycles. The summed E-state index contributed by atoms with van der Waals surface area (Å²) in [5.41, 5.74) is 2.53. The Morgan fingerprint density at radius 1 is 1.43 bits per heavy atom. The van der Waals surface area contributed by atoms with E-state index in [0.29, 0.717) is 5.69 Å². The van der Waals surface area contributed by atoms with Gasteiger partial charge in [-0.05, 0) is 18.6 Å². The van der Waals surface area contributed by atoms with Crippen molar-refractivity contribution < 1.29 is 0 Å². The first-order valence-electron chi connectivity index (χ1n) is 4.65. The smallest absolute Gasteiger partial charge is 0.150 e. The van der Waals surface area contributed by atoms with E-state index in [1.807, 2.05) is 33.0 Å². The standard InChI is InChI=1S/C9H7N3.C2H6/c1-6-5-12-7-2-3-11-8(4-10)9(6)7;1-2/h2-3,5,12H,1H3;1-2H3. The van der Waals surface area contributed by atoms with Gasteiger partial charge in [0.1, 0.15) is 11.8 Å². The molecule has 0 fully saturated rings. The lowest BCUT2D eigenvalue weighted by Gasteiger charge is -1.92. The summed E-state index contributed by atoms with van der Waals surface area (Å²) in [5.74, 6) is 0. The molecule has 0 radical (unpaired) electrons. The fraction of sp³-hybridized carbons (Fsp3) is 0.273. The Morgan fingerprint density at radius 3 is 2.79 bits per heavy atom. The molecule has 0 spiro atoms. The van der Waals surface area contributed by atoms with Crippen LogP contribution >= 0.6 is 0 Å². The summed E-state index contributed by atoms with van der Waals surface area (Å²) in [4.78, 5) is 7.05. The molecule has 0 saturated heterocycles. The Morgan fingerprint density at radius 2 is 2.14 bits per heavy atom. The molecule has 3 heteroatoms. The molecule has 0 amide bonds. The molecule has 0 aliphatic rings. The van der Waals surface area contributed by atoms with Crippen molar-refractivity contribution in [2.75, 3.05) is 0 Å². The first-order chi connectivity index (χ1) is 6.83. The van der Waals surface area contributed by atoms with Crippen LogP contribution in [0.15, 0.2) is 18.5 Å². The van der Waals surface area contributed by atoms with Gasteiger partial charge in [0, 0.05) is 17.8 Å². The molecule has 3 nitrogen and oxygen atoms in total. The molecule has 0 saturated carbocycles. The van der Waals surface area contributed by atoms with Gasteiger partial charge < -0.3 is 4.98 Å². The van der Waals surface area contributed by atoms with E-state index in [4.69, 9.17) is 5.26 Å². The van der Waals surface area contributed by atoms with Gasteiger partial charge in [0.2, 0.25) is 0 Å². The average molecular weight is 187 g/mol. The number of hydrogen-bond donors (Lipinski definition) is 1. The zero-order valence-electron chi connectivity index (χ0n) is 8.63. The average Bonchev–Trinajstić information content (AvgIpc) is 2.64. The summed E-state index contributed by atoms with van der Waals surface area (Å²) in [5, 5.41) is 9.68. The highest BCUT2D eigenvalue weighted by Gasteiger charge is 2.04. The summed E-state index contributed by atoms with van der Waals surface area (Å²) in [6, 6.07) is 3.93. The number of aromatic amines is 1. The number of hydrogen-bond acceptors (Lipinski definition) is 2. The van der Waals surface area contributed by atoms with Gasteiger partial charge in [-0.2, -0.15) is 5.26 Å². The molecular weight excluding hydrogens is 174 g/mol. The fourth-order valence-corrected chi connectivity index (χ4v) is 1.32. The van der Waals surface area contributed by atoms with Crippen molar-refractivity contribution in [3.05, 3.63) is 29.7 Å². The van der Waals surface area contributed by atoms with Crippen molar-refractivity contribution in [1.29, 1.82) is 5.26 Å². The Labute approximate surface area is 83.4 Å². The lowest BCUT2D eigenvalue weighted by Crippen LogP contribution is -1.82. The number of nitrogens with one attached hydrogen (secondary N) is 1. The van der Waals surface area contributed by atoms with Crippen LogP contribution in [0.4, 0.5) is 0 Å². The summed E-state index contributed by atoms with van der Waals surface area (Å²) in [6.45, 7) is 5.96. The van der Waals surface area contributed by atoms with E-state index >= 15 is 0 Å². The van der Waals surface area contributed by atoms with E-state index in [1.165, 1.54) is 0 Å². The van der Waals surface area contributed by atoms with E-state index in [2.05, 4.69) is 16.0 Å². The number of aromatic nitrogens is 2. The van der Waals surface area contributed by atoms with Crippen LogP contribution in [0.25, 0.3) is 10.9 Å². The van der Waals surface area contributed by atoms with Gasteiger partial charge in [-0.25, -0.2) is 4.98 Å². The van der Waals surface area contributed by atoms with E-state index in [-0.39, 0.29) is 0 Å². The number of nitriles is 1. The Hall–Kier alpha value is -1.82. The second-order valence-electron chi connectivity index (χ2n) is 2.67. The van der Waals surface area contributed by atoms with Gasteiger partial charge in [-0.1, -0.05) is 13.8 Å². The summed E-state index contributed by atoms with van der Waals surface area (Å²) < 4.78 is 0. The van der Waals surface area contributed by atoms with Crippen molar-refractivity contribution in [2.45, 2.75) is 20.8 Å². The zero-order valence-corrected chi connectivity index (χ0v) is 8.63. The molecule has 2 heterocycles. The number of pyridine rings is 1. The van der Waals surface area contributed by atoms with Crippen LogP contribution in [0.5, 0.6) is 0 Å². The molecule has 2 aromatic rings. The number of rotatable bonds is 0. The van der Waals surface area contributed by atoms with Crippen molar-refractivity contribution in [2.24, 2.45) is 0 Å². The minimum Gasteiger partial charge on any atom is -0.361 e. The largest absolute Gasteiger partial charge is 0.361 e. The molecule has 0 unspecified atom stereocenters. The normalized spacial score (nSPS) is 9.00. The highest BCUT2D eigenvalue weighted by atomic mass is 14.7. The van der Waals surface area contributed by atoms with Crippen LogP contribution in [0.3, 0.4) is 0 Å². The Bertz CT molecular complexity index is 463. The highest BCUT2D eigenvalue weighted by Crippen LogP contribution is 2.18.